The third kappa shape index (κ3) is 8.16. The summed E-state index contributed by atoms with van der Waals surface area (Å²) in [5.41, 5.74) is 14.5. The molecular formula is C42H43ClN6O6. The molecule has 8 rings (SSSR count). The van der Waals surface area contributed by atoms with Crippen LogP contribution in [0.1, 0.15) is 82.9 Å². The first kappa shape index (κ1) is 37.8. The Morgan fingerprint density at radius 1 is 0.745 bits per heavy atom. The second-order valence-electron chi connectivity index (χ2n) is 14.3. The van der Waals surface area contributed by atoms with E-state index >= 15 is 0 Å². The summed E-state index contributed by atoms with van der Waals surface area (Å²) in [7, 11) is 0. The van der Waals surface area contributed by atoms with Crippen LogP contribution < -0.4 is 5.32 Å². The molecule has 0 bridgehead atoms. The minimum Gasteiger partial charge on any atom is -0.450 e. The van der Waals surface area contributed by atoms with Gasteiger partial charge in [0.2, 0.25) is 0 Å². The number of hydrogen-bond donors (Lipinski definition) is 1. The van der Waals surface area contributed by atoms with Crippen LogP contribution in [0.3, 0.4) is 0 Å². The lowest BCUT2D eigenvalue weighted by atomic mass is 9.88. The number of hydrogen-bond acceptors (Lipinski definition) is 9. The predicted molar refractivity (Wildman–Crippen MR) is 211 cm³/mol. The SMILES string of the molecule is CCOC(=O)N1CCC(=C2c3ccc(Cl)cc3CCc3cc([N+](=O)[O-])cnc32)CC1.Cc1ccc2c(c1)CCc1cc([N+](=O)[O-])cnc1C2=C1CCNCC1. The van der Waals surface area contributed by atoms with Gasteiger partial charge in [0, 0.05) is 41.4 Å². The van der Waals surface area contributed by atoms with Crippen LogP contribution in [0.4, 0.5) is 16.2 Å². The topological polar surface area (TPSA) is 154 Å². The Hall–Kier alpha value is -5.46. The monoisotopic (exact) mass is 762 g/mol. The highest BCUT2D eigenvalue weighted by atomic mass is 35.5. The van der Waals surface area contributed by atoms with Crippen molar-refractivity contribution in [1.29, 1.82) is 0 Å². The molecule has 2 aliphatic heterocycles. The van der Waals surface area contributed by atoms with Gasteiger partial charge >= 0.3 is 6.09 Å². The Balaban J connectivity index is 0.000000172. The Bertz CT molecular complexity index is 2230. The van der Waals surface area contributed by atoms with E-state index in [4.69, 9.17) is 16.3 Å². The average molecular weight is 763 g/mol. The van der Waals surface area contributed by atoms with Crippen molar-refractivity contribution in [3.8, 4) is 0 Å². The lowest BCUT2D eigenvalue weighted by Crippen LogP contribution is -2.37. The summed E-state index contributed by atoms with van der Waals surface area (Å²) in [6, 6.07) is 15.8. The Labute approximate surface area is 324 Å². The van der Waals surface area contributed by atoms with Gasteiger partial charge in [-0.05, 0) is 124 Å². The zero-order valence-corrected chi connectivity index (χ0v) is 31.8. The number of piperidine rings is 2. The van der Waals surface area contributed by atoms with Crippen LogP contribution in [-0.4, -0.2) is 63.6 Å². The van der Waals surface area contributed by atoms with E-state index in [0.717, 1.165) is 84.4 Å². The van der Waals surface area contributed by atoms with Crippen LogP contribution in [0, 0.1) is 27.2 Å². The molecule has 0 saturated carbocycles. The summed E-state index contributed by atoms with van der Waals surface area (Å²) in [5.74, 6) is 0. The molecule has 4 aliphatic rings. The van der Waals surface area contributed by atoms with Crippen molar-refractivity contribution in [2.24, 2.45) is 0 Å². The standard InChI is InChI=1S/C22H22ClN3O4.C20H21N3O2/c1-2-30-22(27)25-9-7-14(8-10-25)20-19-6-5-17(23)11-15(19)3-4-16-12-18(26(28)29)13-24-21(16)20;1-13-2-5-18-15(10-13)3-4-16-11-17(23(24)25)12-22-20(16)19(18)14-6-8-21-9-7-14/h5-6,11-13H,2-4,7-10H2,1H3;2,5,10-12,21H,3-4,6-9H2,1H3. The fraction of sp³-hybridized carbons (Fsp3) is 0.357. The second kappa shape index (κ2) is 16.5. The average Bonchev–Trinajstić information content (AvgIpc) is 3.45. The number of fused-ring (bicyclic) bond motifs is 4. The zero-order valence-electron chi connectivity index (χ0n) is 31.0. The summed E-state index contributed by atoms with van der Waals surface area (Å²) in [6.07, 6.45) is 8.92. The van der Waals surface area contributed by atoms with Gasteiger partial charge in [-0.2, -0.15) is 0 Å². The van der Waals surface area contributed by atoms with E-state index in [1.807, 2.05) is 18.2 Å². The van der Waals surface area contributed by atoms with Crippen molar-refractivity contribution < 1.29 is 19.4 Å². The molecule has 4 heterocycles. The maximum Gasteiger partial charge on any atom is 0.409 e. The van der Waals surface area contributed by atoms with Crippen LogP contribution in [0.25, 0.3) is 11.1 Å². The molecule has 4 aromatic rings. The van der Waals surface area contributed by atoms with Gasteiger partial charge in [-0.15, -0.1) is 0 Å². The van der Waals surface area contributed by atoms with Crippen molar-refractivity contribution in [2.75, 3.05) is 32.8 Å². The van der Waals surface area contributed by atoms with Gasteiger partial charge < -0.3 is 15.0 Å². The summed E-state index contributed by atoms with van der Waals surface area (Å²) >= 11 is 6.25. The number of likely N-dealkylation sites (tertiary alicyclic amines) is 1. The number of carbonyl (C=O) groups is 1. The first-order chi connectivity index (χ1) is 26.6. The van der Waals surface area contributed by atoms with Crippen LogP contribution in [-0.2, 0) is 30.4 Å². The molecule has 0 radical (unpaired) electrons. The molecule has 0 unspecified atom stereocenters. The van der Waals surface area contributed by atoms with Crippen molar-refractivity contribution in [1.82, 2.24) is 20.2 Å². The van der Waals surface area contributed by atoms with Crippen LogP contribution in [0.2, 0.25) is 5.02 Å². The number of ether oxygens (including phenoxy) is 1. The van der Waals surface area contributed by atoms with Crippen molar-refractivity contribution in [3.05, 3.63) is 148 Å². The van der Waals surface area contributed by atoms with Crippen LogP contribution in [0.15, 0.2) is 72.1 Å². The predicted octanol–water partition coefficient (Wildman–Crippen LogP) is 8.38. The van der Waals surface area contributed by atoms with Crippen LogP contribution in [0.5, 0.6) is 0 Å². The molecule has 12 nitrogen and oxygen atoms in total. The summed E-state index contributed by atoms with van der Waals surface area (Å²) in [5, 5.41) is 26.5. The Kier molecular flexibility index (Phi) is 11.4. The molecule has 2 aliphatic carbocycles. The molecule has 13 heteroatoms. The molecule has 1 amide bonds. The van der Waals surface area contributed by atoms with E-state index in [-0.39, 0.29) is 22.4 Å². The van der Waals surface area contributed by atoms with E-state index < -0.39 is 4.92 Å². The number of nitrogens with one attached hydrogen (secondary N) is 1. The second-order valence-corrected chi connectivity index (χ2v) is 14.7. The number of halogens is 1. The number of benzene rings is 2. The maximum atomic E-state index is 12.1. The van der Waals surface area contributed by atoms with Crippen molar-refractivity contribution >= 4 is 40.2 Å². The molecule has 2 fully saturated rings. The van der Waals surface area contributed by atoms with E-state index in [2.05, 4.69) is 40.4 Å². The van der Waals surface area contributed by atoms with Gasteiger partial charge in [0.05, 0.1) is 27.8 Å². The number of amides is 1. The third-order valence-electron chi connectivity index (χ3n) is 10.8. The fourth-order valence-corrected chi connectivity index (χ4v) is 8.32. The van der Waals surface area contributed by atoms with Crippen LogP contribution >= 0.6 is 11.6 Å². The quantitative estimate of drug-likeness (QED) is 0.160. The molecule has 2 saturated heterocycles. The molecule has 1 N–H and O–H groups in total. The first-order valence-electron chi connectivity index (χ1n) is 18.8. The third-order valence-corrected chi connectivity index (χ3v) is 11.0. The van der Waals surface area contributed by atoms with E-state index in [9.17, 15) is 25.0 Å². The number of pyridine rings is 2. The molecule has 55 heavy (non-hydrogen) atoms. The fourth-order valence-electron chi connectivity index (χ4n) is 8.12. The number of rotatable bonds is 3. The summed E-state index contributed by atoms with van der Waals surface area (Å²) < 4.78 is 5.12. The summed E-state index contributed by atoms with van der Waals surface area (Å²) in [4.78, 5) is 44.5. The van der Waals surface area contributed by atoms with Crippen molar-refractivity contribution in [2.45, 2.75) is 65.2 Å². The molecular weight excluding hydrogens is 720 g/mol. The molecule has 2 aromatic carbocycles. The highest BCUT2D eigenvalue weighted by Crippen LogP contribution is 2.40. The highest BCUT2D eigenvalue weighted by Gasteiger charge is 2.29. The smallest absolute Gasteiger partial charge is 0.409 e. The largest absolute Gasteiger partial charge is 0.450 e. The summed E-state index contributed by atoms with van der Waals surface area (Å²) in [6.45, 7) is 7.35. The number of aromatic nitrogens is 2. The van der Waals surface area contributed by atoms with Gasteiger partial charge in [0.15, 0.2) is 0 Å². The Morgan fingerprint density at radius 2 is 1.25 bits per heavy atom. The van der Waals surface area contributed by atoms with E-state index in [1.54, 1.807) is 24.0 Å². The number of aryl methyl sites for hydroxylation is 5. The molecule has 2 aromatic heterocycles. The number of nitro groups is 2. The maximum absolute atomic E-state index is 12.1. The lowest BCUT2D eigenvalue weighted by molar-refractivity contribution is -0.385. The molecule has 0 atom stereocenters. The lowest BCUT2D eigenvalue weighted by Gasteiger charge is -2.29. The first-order valence-corrected chi connectivity index (χ1v) is 19.2. The molecule has 0 spiro atoms. The van der Waals surface area contributed by atoms with Gasteiger partial charge in [-0.1, -0.05) is 52.6 Å². The number of carbonyl (C=O) groups excluding carboxylic acids is 1. The van der Waals surface area contributed by atoms with Gasteiger partial charge in [0.25, 0.3) is 11.4 Å². The minimum atomic E-state index is -0.410. The normalized spacial score (nSPS) is 16.3. The Morgan fingerprint density at radius 3 is 1.80 bits per heavy atom. The van der Waals surface area contributed by atoms with Gasteiger partial charge in [0.1, 0.15) is 12.4 Å². The molecule has 284 valence electrons. The minimum absolute atomic E-state index is 0.000723. The van der Waals surface area contributed by atoms with Gasteiger partial charge in [-0.25, -0.2) is 14.8 Å². The van der Waals surface area contributed by atoms with E-state index in [1.165, 1.54) is 45.8 Å². The van der Waals surface area contributed by atoms with Crippen molar-refractivity contribution in [3.63, 3.8) is 0 Å². The highest BCUT2D eigenvalue weighted by molar-refractivity contribution is 6.30. The zero-order chi connectivity index (χ0) is 38.6. The van der Waals surface area contributed by atoms with E-state index in [0.29, 0.717) is 44.0 Å². The number of nitrogens with zero attached hydrogens (tertiary/aromatic N) is 5. The van der Waals surface area contributed by atoms with Gasteiger partial charge in [-0.3, -0.25) is 20.2 Å².